The largest absolute Gasteiger partial charge is 0.309 e. The van der Waals surface area contributed by atoms with Crippen LogP contribution >= 0.6 is 27.3 Å². The maximum atomic E-state index is 4.10. The van der Waals surface area contributed by atoms with E-state index in [1.165, 1.54) is 14.9 Å². The van der Waals surface area contributed by atoms with Gasteiger partial charge in [-0.2, -0.15) is 0 Å². The molecule has 1 N–H and O–H groups in total. The summed E-state index contributed by atoms with van der Waals surface area (Å²) in [6, 6.07) is 6.78. The van der Waals surface area contributed by atoms with Gasteiger partial charge in [0, 0.05) is 24.4 Å². The Morgan fingerprint density at radius 2 is 2.05 bits per heavy atom. The average Bonchev–Trinajstić information content (AvgIpc) is 2.86. The standard InChI is InChI=1S/C15H19BrN2S/c1-3-6-18-15(13-9-14(16)19-10-13)11(2)12-4-7-17-8-5-12/h4-5,7-11,15,18H,3,6H2,1-2H3. The quantitative estimate of drug-likeness (QED) is 0.821. The van der Waals surface area contributed by atoms with Crippen LogP contribution in [0.25, 0.3) is 0 Å². The summed E-state index contributed by atoms with van der Waals surface area (Å²) >= 11 is 5.30. The van der Waals surface area contributed by atoms with Gasteiger partial charge >= 0.3 is 0 Å². The van der Waals surface area contributed by atoms with Crippen LogP contribution in [0, 0.1) is 0 Å². The molecule has 2 nitrogen and oxygen atoms in total. The molecule has 2 atom stereocenters. The molecule has 0 saturated heterocycles. The van der Waals surface area contributed by atoms with Gasteiger partial charge in [0.2, 0.25) is 0 Å². The third kappa shape index (κ3) is 3.88. The van der Waals surface area contributed by atoms with Gasteiger partial charge in [0.15, 0.2) is 0 Å². The van der Waals surface area contributed by atoms with Crippen molar-refractivity contribution < 1.29 is 0 Å². The first kappa shape index (κ1) is 14.7. The summed E-state index contributed by atoms with van der Waals surface area (Å²) in [5, 5.41) is 5.89. The summed E-state index contributed by atoms with van der Waals surface area (Å²) in [6.45, 7) is 5.51. The first-order chi connectivity index (χ1) is 9.22. The third-order valence-electron chi connectivity index (χ3n) is 3.29. The lowest BCUT2D eigenvalue weighted by Gasteiger charge is -2.25. The SMILES string of the molecule is CCCNC(c1csc(Br)c1)C(C)c1ccncc1. The van der Waals surface area contributed by atoms with Crippen LogP contribution in [0.1, 0.15) is 43.4 Å². The van der Waals surface area contributed by atoms with E-state index in [4.69, 9.17) is 0 Å². The maximum absolute atomic E-state index is 4.10. The minimum atomic E-state index is 0.352. The van der Waals surface area contributed by atoms with Gasteiger partial charge in [-0.25, -0.2) is 0 Å². The molecule has 102 valence electrons. The fraction of sp³-hybridized carbons (Fsp3) is 0.400. The van der Waals surface area contributed by atoms with Crippen molar-refractivity contribution in [1.29, 1.82) is 0 Å². The second-order valence-electron chi connectivity index (χ2n) is 4.69. The van der Waals surface area contributed by atoms with Gasteiger partial charge in [0.25, 0.3) is 0 Å². The molecule has 0 amide bonds. The Balaban J connectivity index is 2.22. The fourth-order valence-electron chi connectivity index (χ4n) is 2.23. The summed E-state index contributed by atoms with van der Waals surface area (Å²) in [6.07, 6.45) is 4.88. The molecule has 0 aliphatic heterocycles. The first-order valence-electron chi connectivity index (χ1n) is 6.59. The second-order valence-corrected chi connectivity index (χ2v) is 6.98. The molecule has 19 heavy (non-hydrogen) atoms. The molecule has 0 saturated carbocycles. The van der Waals surface area contributed by atoms with Gasteiger partial charge in [-0.1, -0.05) is 13.8 Å². The Morgan fingerprint density at radius 3 is 2.63 bits per heavy atom. The average molecular weight is 339 g/mol. The number of hydrogen-bond acceptors (Lipinski definition) is 3. The van der Waals surface area contributed by atoms with Crippen LogP contribution in [0.4, 0.5) is 0 Å². The molecule has 0 radical (unpaired) electrons. The van der Waals surface area contributed by atoms with E-state index in [1.807, 2.05) is 12.4 Å². The third-order valence-corrected chi connectivity index (χ3v) is 4.82. The molecule has 4 heteroatoms. The highest BCUT2D eigenvalue weighted by molar-refractivity contribution is 9.11. The number of aromatic nitrogens is 1. The summed E-state index contributed by atoms with van der Waals surface area (Å²) < 4.78 is 1.19. The Hall–Kier alpha value is -0.710. The highest BCUT2D eigenvalue weighted by atomic mass is 79.9. The smallest absolute Gasteiger partial charge is 0.0701 e. The topological polar surface area (TPSA) is 24.9 Å². The van der Waals surface area contributed by atoms with E-state index >= 15 is 0 Å². The van der Waals surface area contributed by atoms with Crippen LogP contribution in [0.5, 0.6) is 0 Å². The fourth-order valence-corrected chi connectivity index (χ4v) is 3.44. The highest BCUT2D eigenvalue weighted by Gasteiger charge is 2.21. The summed E-state index contributed by atoms with van der Waals surface area (Å²) in [4.78, 5) is 4.10. The van der Waals surface area contributed by atoms with Gasteiger partial charge in [-0.15, -0.1) is 11.3 Å². The van der Waals surface area contributed by atoms with Crippen LogP contribution in [0.2, 0.25) is 0 Å². The molecule has 0 fully saturated rings. The summed E-state index contributed by atoms with van der Waals surface area (Å²) in [5.74, 6) is 0.427. The van der Waals surface area contributed by atoms with Crippen molar-refractivity contribution in [2.75, 3.05) is 6.54 Å². The monoisotopic (exact) mass is 338 g/mol. The number of pyridine rings is 1. The predicted molar refractivity (Wildman–Crippen MR) is 85.7 cm³/mol. The van der Waals surface area contributed by atoms with Gasteiger partial charge in [-0.3, -0.25) is 4.98 Å². The minimum absolute atomic E-state index is 0.352. The molecule has 2 heterocycles. The highest BCUT2D eigenvalue weighted by Crippen LogP contribution is 2.34. The van der Waals surface area contributed by atoms with E-state index in [0.717, 1.165) is 13.0 Å². The van der Waals surface area contributed by atoms with Crippen molar-refractivity contribution in [3.63, 3.8) is 0 Å². The second kappa shape index (κ2) is 7.17. The molecule has 0 aliphatic rings. The molecule has 2 unspecified atom stereocenters. The number of nitrogens with zero attached hydrogens (tertiary/aromatic N) is 1. The van der Waals surface area contributed by atoms with E-state index in [2.05, 4.69) is 63.7 Å². The number of thiophene rings is 1. The van der Waals surface area contributed by atoms with Crippen molar-refractivity contribution >= 4 is 27.3 Å². The van der Waals surface area contributed by atoms with Gasteiger partial charge in [-0.05, 0) is 63.6 Å². The lowest BCUT2D eigenvalue weighted by molar-refractivity contribution is 0.467. The Kier molecular flexibility index (Phi) is 5.55. The van der Waals surface area contributed by atoms with E-state index in [1.54, 1.807) is 11.3 Å². The zero-order valence-electron chi connectivity index (χ0n) is 11.3. The lowest BCUT2D eigenvalue weighted by Crippen LogP contribution is -2.26. The summed E-state index contributed by atoms with van der Waals surface area (Å²) in [7, 11) is 0. The molecular formula is C15H19BrN2S. The van der Waals surface area contributed by atoms with Crippen molar-refractivity contribution in [3.05, 3.63) is 50.9 Å². The number of rotatable bonds is 6. The Labute approximate surface area is 127 Å². The zero-order valence-corrected chi connectivity index (χ0v) is 13.7. The van der Waals surface area contributed by atoms with Crippen LogP contribution in [0.3, 0.4) is 0 Å². The van der Waals surface area contributed by atoms with Crippen LogP contribution in [0.15, 0.2) is 39.8 Å². The molecule has 2 aromatic rings. The van der Waals surface area contributed by atoms with Crippen LogP contribution in [-0.2, 0) is 0 Å². The van der Waals surface area contributed by atoms with Gasteiger partial charge < -0.3 is 5.32 Å². The normalized spacial score (nSPS) is 14.3. The predicted octanol–water partition coefficient (Wildman–Crippen LogP) is 4.75. The Morgan fingerprint density at radius 1 is 1.32 bits per heavy atom. The molecule has 0 aliphatic carbocycles. The molecule has 0 bridgehead atoms. The molecule has 0 aromatic carbocycles. The zero-order chi connectivity index (χ0) is 13.7. The first-order valence-corrected chi connectivity index (χ1v) is 8.27. The lowest BCUT2D eigenvalue weighted by atomic mass is 9.90. The van der Waals surface area contributed by atoms with Crippen molar-refractivity contribution in [3.8, 4) is 0 Å². The van der Waals surface area contributed by atoms with Crippen molar-refractivity contribution in [2.24, 2.45) is 0 Å². The number of nitrogens with one attached hydrogen (secondary N) is 1. The number of halogens is 1. The van der Waals surface area contributed by atoms with Crippen LogP contribution < -0.4 is 5.32 Å². The van der Waals surface area contributed by atoms with Crippen molar-refractivity contribution in [2.45, 2.75) is 32.2 Å². The van der Waals surface area contributed by atoms with Gasteiger partial charge in [0.1, 0.15) is 0 Å². The van der Waals surface area contributed by atoms with Crippen molar-refractivity contribution in [1.82, 2.24) is 10.3 Å². The van der Waals surface area contributed by atoms with Gasteiger partial charge in [0.05, 0.1) is 3.79 Å². The molecule has 2 rings (SSSR count). The molecule has 2 aromatic heterocycles. The molecular weight excluding hydrogens is 320 g/mol. The van der Waals surface area contributed by atoms with E-state index in [9.17, 15) is 0 Å². The number of hydrogen-bond donors (Lipinski definition) is 1. The maximum Gasteiger partial charge on any atom is 0.0701 e. The van der Waals surface area contributed by atoms with E-state index in [0.29, 0.717) is 12.0 Å². The van der Waals surface area contributed by atoms with Crippen LogP contribution in [-0.4, -0.2) is 11.5 Å². The molecule has 0 spiro atoms. The van der Waals surface area contributed by atoms with E-state index in [-0.39, 0.29) is 0 Å². The summed E-state index contributed by atoms with van der Waals surface area (Å²) in [5.41, 5.74) is 2.68. The van der Waals surface area contributed by atoms with E-state index < -0.39 is 0 Å². The minimum Gasteiger partial charge on any atom is -0.309 e. The Bertz CT molecular complexity index is 498.